The van der Waals surface area contributed by atoms with Crippen LogP contribution in [0.4, 0.5) is 0 Å². The van der Waals surface area contributed by atoms with E-state index in [-0.39, 0.29) is 5.28 Å². The van der Waals surface area contributed by atoms with E-state index in [2.05, 4.69) is 20.1 Å². The van der Waals surface area contributed by atoms with Crippen molar-refractivity contribution < 1.29 is 4.74 Å². The summed E-state index contributed by atoms with van der Waals surface area (Å²) >= 11 is 12.0. The Morgan fingerprint density at radius 1 is 1.14 bits per heavy atom. The lowest BCUT2D eigenvalue weighted by Crippen LogP contribution is -2.05. The second-order valence-corrected chi connectivity index (χ2v) is 4.80. The Labute approximate surface area is 130 Å². The van der Waals surface area contributed by atoms with E-state index in [9.17, 15) is 0 Å². The van der Waals surface area contributed by atoms with Gasteiger partial charge in [-0.05, 0) is 35.9 Å². The number of rotatable bonds is 3. The topological polar surface area (TPSA) is 65.7 Å². The molecule has 0 N–H and O–H groups in total. The third-order valence-electron chi connectivity index (χ3n) is 2.71. The fourth-order valence-corrected chi connectivity index (χ4v) is 2.13. The highest BCUT2D eigenvalue weighted by Gasteiger charge is 2.13. The Morgan fingerprint density at radius 2 is 2.00 bits per heavy atom. The predicted molar refractivity (Wildman–Crippen MR) is 79.0 cm³/mol. The fraction of sp³-hybridized carbons (Fsp3) is 0.0769. The van der Waals surface area contributed by atoms with Crippen LogP contribution in [-0.2, 0) is 0 Å². The maximum atomic E-state index is 6.03. The molecule has 3 aromatic rings. The summed E-state index contributed by atoms with van der Waals surface area (Å²) in [5, 5.41) is 4.68. The number of nitrogens with zero attached hydrogens (tertiary/aromatic N) is 5. The summed E-state index contributed by atoms with van der Waals surface area (Å²) in [5.74, 6) is 1.27. The monoisotopic (exact) mass is 321 g/mol. The average Bonchev–Trinajstić information content (AvgIpc) is 3.01. The van der Waals surface area contributed by atoms with E-state index in [1.54, 1.807) is 43.8 Å². The SMILES string of the molecule is COc1ccc(Cl)cc1-c1nc(Cl)nc(-n2cccn2)n1. The Hall–Kier alpha value is -2.18. The number of halogens is 2. The van der Waals surface area contributed by atoms with E-state index in [0.29, 0.717) is 28.1 Å². The molecule has 3 rings (SSSR count). The van der Waals surface area contributed by atoms with E-state index in [0.717, 1.165) is 0 Å². The average molecular weight is 322 g/mol. The van der Waals surface area contributed by atoms with Gasteiger partial charge in [-0.25, -0.2) is 4.68 Å². The lowest BCUT2D eigenvalue weighted by atomic mass is 10.2. The van der Waals surface area contributed by atoms with Crippen LogP contribution in [0, 0.1) is 0 Å². The summed E-state index contributed by atoms with van der Waals surface area (Å²) in [6, 6.07) is 6.93. The first-order valence-corrected chi connectivity index (χ1v) is 6.68. The molecule has 0 aliphatic heterocycles. The van der Waals surface area contributed by atoms with Crippen molar-refractivity contribution in [3.8, 4) is 23.1 Å². The molecule has 0 aliphatic carbocycles. The first-order valence-electron chi connectivity index (χ1n) is 5.93. The third-order valence-corrected chi connectivity index (χ3v) is 3.11. The Kier molecular flexibility index (Phi) is 3.72. The van der Waals surface area contributed by atoms with Gasteiger partial charge in [0.25, 0.3) is 5.95 Å². The van der Waals surface area contributed by atoms with Gasteiger partial charge in [0, 0.05) is 17.4 Å². The molecule has 21 heavy (non-hydrogen) atoms. The van der Waals surface area contributed by atoms with Crippen molar-refractivity contribution in [1.82, 2.24) is 24.7 Å². The molecule has 0 saturated carbocycles. The molecule has 2 aromatic heterocycles. The third kappa shape index (κ3) is 2.81. The maximum absolute atomic E-state index is 6.03. The van der Waals surface area contributed by atoms with Gasteiger partial charge in [0.15, 0.2) is 5.82 Å². The van der Waals surface area contributed by atoms with Crippen molar-refractivity contribution >= 4 is 23.2 Å². The van der Waals surface area contributed by atoms with Crippen molar-refractivity contribution in [2.45, 2.75) is 0 Å². The van der Waals surface area contributed by atoms with Crippen LogP contribution in [0.2, 0.25) is 10.3 Å². The van der Waals surface area contributed by atoms with Crippen molar-refractivity contribution in [3.63, 3.8) is 0 Å². The smallest absolute Gasteiger partial charge is 0.255 e. The number of aromatic nitrogens is 5. The summed E-state index contributed by atoms with van der Waals surface area (Å²) in [6.45, 7) is 0. The first kappa shape index (κ1) is 13.8. The quantitative estimate of drug-likeness (QED) is 0.741. The molecule has 0 radical (unpaired) electrons. The molecule has 0 fully saturated rings. The van der Waals surface area contributed by atoms with E-state index in [1.807, 2.05) is 0 Å². The minimum Gasteiger partial charge on any atom is -0.496 e. The largest absolute Gasteiger partial charge is 0.496 e. The summed E-state index contributed by atoms with van der Waals surface area (Å²) < 4.78 is 6.79. The van der Waals surface area contributed by atoms with Gasteiger partial charge in [0.1, 0.15) is 5.75 Å². The lowest BCUT2D eigenvalue weighted by Gasteiger charge is -2.09. The molecule has 0 unspecified atom stereocenters. The Morgan fingerprint density at radius 3 is 2.71 bits per heavy atom. The maximum Gasteiger partial charge on any atom is 0.255 e. The minimum absolute atomic E-state index is 0.0625. The van der Waals surface area contributed by atoms with Crippen molar-refractivity contribution in [3.05, 3.63) is 47.0 Å². The number of benzene rings is 1. The molecular formula is C13H9Cl2N5O. The molecule has 0 bridgehead atoms. The molecule has 1 aromatic carbocycles. The molecule has 6 nitrogen and oxygen atoms in total. The van der Waals surface area contributed by atoms with Gasteiger partial charge in [0.2, 0.25) is 5.28 Å². The standard InChI is InChI=1S/C13H9Cl2N5O/c1-21-10-4-3-8(14)7-9(10)11-17-12(15)19-13(18-11)20-6-2-5-16-20/h2-7H,1H3. The molecule has 0 aliphatic rings. The summed E-state index contributed by atoms with van der Waals surface area (Å²) in [7, 11) is 1.56. The summed E-state index contributed by atoms with van der Waals surface area (Å²) in [6.07, 6.45) is 3.34. The van der Waals surface area contributed by atoms with Crippen LogP contribution >= 0.6 is 23.2 Å². The molecule has 0 saturated heterocycles. The predicted octanol–water partition coefficient (Wildman–Crippen LogP) is 3.04. The molecule has 106 valence electrons. The molecular weight excluding hydrogens is 313 g/mol. The van der Waals surface area contributed by atoms with Gasteiger partial charge in [-0.1, -0.05) is 11.6 Å². The van der Waals surface area contributed by atoms with Crippen LogP contribution in [0.25, 0.3) is 17.3 Å². The molecule has 0 spiro atoms. The zero-order valence-electron chi connectivity index (χ0n) is 10.9. The van der Waals surface area contributed by atoms with E-state index in [4.69, 9.17) is 27.9 Å². The molecule has 2 heterocycles. The first-order chi connectivity index (χ1) is 10.2. The van der Waals surface area contributed by atoms with E-state index < -0.39 is 0 Å². The van der Waals surface area contributed by atoms with Gasteiger partial charge < -0.3 is 4.74 Å². The number of methoxy groups -OCH3 is 1. The second-order valence-electron chi connectivity index (χ2n) is 4.02. The van der Waals surface area contributed by atoms with Gasteiger partial charge in [-0.3, -0.25) is 0 Å². The van der Waals surface area contributed by atoms with Crippen molar-refractivity contribution in [2.75, 3.05) is 7.11 Å². The summed E-state index contributed by atoms with van der Waals surface area (Å²) in [5.41, 5.74) is 0.628. The number of ether oxygens (including phenoxy) is 1. The lowest BCUT2D eigenvalue weighted by molar-refractivity contribution is 0.416. The van der Waals surface area contributed by atoms with Gasteiger partial charge in [-0.15, -0.1) is 0 Å². The van der Waals surface area contributed by atoms with Crippen LogP contribution in [0.15, 0.2) is 36.7 Å². The van der Waals surface area contributed by atoms with Gasteiger partial charge >= 0.3 is 0 Å². The molecule has 8 heteroatoms. The Balaban J connectivity index is 2.17. The zero-order valence-corrected chi connectivity index (χ0v) is 12.4. The van der Waals surface area contributed by atoms with Crippen molar-refractivity contribution in [1.29, 1.82) is 0 Å². The van der Waals surface area contributed by atoms with Gasteiger partial charge in [0.05, 0.1) is 12.7 Å². The number of hydrogen-bond acceptors (Lipinski definition) is 5. The van der Waals surface area contributed by atoms with Crippen LogP contribution in [0.5, 0.6) is 5.75 Å². The van der Waals surface area contributed by atoms with Gasteiger partial charge in [-0.2, -0.15) is 20.1 Å². The van der Waals surface area contributed by atoms with Crippen LogP contribution in [-0.4, -0.2) is 31.8 Å². The molecule has 0 amide bonds. The Bertz CT molecular complexity index is 776. The van der Waals surface area contributed by atoms with Crippen LogP contribution in [0.3, 0.4) is 0 Å². The highest BCUT2D eigenvalue weighted by atomic mass is 35.5. The highest BCUT2D eigenvalue weighted by Crippen LogP contribution is 2.30. The fourth-order valence-electron chi connectivity index (χ4n) is 1.80. The van der Waals surface area contributed by atoms with E-state index in [1.165, 1.54) is 4.68 Å². The van der Waals surface area contributed by atoms with Crippen molar-refractivity contribution in [2.24, 2.45) is 0 Å². The zero-order chi connectivity index (χ0) is 14.8. The normalized spacial score (nSPS) is 10.6. The van der Waals surface area contributed by atoms with Crippen LogP contribution < -0.4 is 4.74 Å². The second kappa shape index (κ2) is 5.67. The summed E-state index contributed by atoms with van der Waals surface area (Å²) in [4.78, 5) is 12.5. The number of hydrogen-bond donors (Lipinski definition) is 0. The molecule has 0 atom stereocenters. The van der Waals surface area contributed by atoms with Crippen LogP contribution in [0.1, 0.15) is 0 Å². The van der Waals surface area contributed by atoms with E-state index >= 15 is 0 Å². The minimum atomic E-state index is 0.0625. The highest BCUT2D eigenvalue weighted by molar-refractivity contribution is 6.31.